The Labute approximate surface area is 97.8 Å². The average molecular weight is 223 g/mol. The molecule has 3 nitrogen and oxygen atoms in total. The van der Waals surface area contributed by atoms with Gasteiger partial charge in [-0.1, -0.05) is 26.0 Å². The van der Waals surface area contributed by atoms with Gasteiger partial charge in [0.1, 0.15) is 0 Å². The third-order valence-electron chi connectivity index (χ3n) is 2.67. The van der Waals surface area contributed by atoms with Crippen molar-refractivity contribution in [3.63, 3.8) is 0 Å². The molecule has 0 bridgehead atoms. The molecule has 0 radical (unpaired) electrons. The van der Waals surface area contributed by atoms with Crippen molar-refractivity contribution in [2.24, 2.45) is 5.41 Å². The van der Waals surface area contributed by atoms with Gasteiger partial charge in [0.2, 0.25) is 0 Å². The molecule has 0 unspecified atom stereocenters. The van der Waals surface area contributed by atoms with E-state index in [9.17, 15) is 4.79 Å². The summed E-state index contributed by atoms with van der Waals surface area (Å²) in [5.41, 5.74) is 0.169. The van der Waals surface area contributed by atoms with Crippen LogP contribution in [0.2, 0.25) is 0 Å². The van der Waals surface area contributed by atoms with Gasteiger partial charge < -0.3 is 9.64 Å². The zero-order valence-electron chi connectivity index (χ0n) is 10.4. The van der Waals surface area contributed by atoms with Crippen molar-refractivity contribution in [3.05, 3.63) is 24.6 Å². The van der Waals surface area contributed by atoms with E-state index < -0.39 is 0 Å². The Morgan fingerprint density at radius 3 is 2.44 bits per heavy atom. The Bertz CT molecular complexity index is 276. The number of methoxy groups -OCH3 is 1. The molecule has 0 aliphatic carbocycles. The van der Waals surface area contributed by atoms with Crippen molar-refractivity contribution in [2.45, 2.75) is 33.1 Å². The Morgan fingerprint density at radius 1 is 1.25 bits per heavy atom. The van der Waals surface area contributed by atoms with E-state index in [1.54, 1.807) is 0 Å². The molecular weight excluding hydrogens is 202 g/mol. The number of hydrogen-bond acceptors (Lipinski definition) is 3. The lowest BCUT2D eigenvalue weighted by Crippen LogP contribution is -2.18. The lowest BCUT2D eigenvalue weighted by Gasteiger charge is -2.25. The average Bonchev–Trinajstić information content (AvgIpc) is 2.26. The predicted octanol–water partition coefficient (Wildman–Crippen LogP) is 2.70. The molecule has 0 saturated heterocycles. The molecule has 16 heavy (non-hydrogen) atoms. The number of hydrogen-bond donors (Lipinski definition) is 0. The largest absolute Gasteiger partial charge is 0.469 e. The van der Waals surface area contributed by atoms with Crippen LogP contribution in [0.5, 0.6) is 0 Å². The van der Waals surface area contributed by atoms with Crippen LogP contribution in [0.1, 0.15) is 33.1 Å². The first-order valence-electron chi connectivity index (χ1n) is 5.75. The van der Waals surface area contributed by atoms with Crippen LogP contribution in [-0.2, 0) is 9.53 Å². The summed E-state index contributed by atoms with van der Waals surface area (Å²) in [6.45, 7) is 5.31. The van der Waals surface area contributed by atoms with Crippen LogP contribution in [0.25, 0.3) is 0 Å². The van der Waals surface area contributed by atoms with Crippen LogP contribution in [0.15, 0.2) is 24.6 Å². The van der Waals surface area contributed by atoms with Gasteiger partial charge in [-0.15, -0.1) is 0 Å². The minimum Gasteiger partial charge on any atom is -0.469 e. The number of carbonyl (C=O) groups is 1. The van der Waals surface area contributed by atoms with Gasteiger partial charge in [-0.25, -0.2) is 0 Å². The maximum absolute atomic E-state index is 10.9. The second kappa shape index (κ2) is 5.73. The minimum absolute atomic E-state index is 0.120. The highest BCUT2D eigenvalue weighted by Gasteiger charge is 2.13. The van der Waals surface area contributed by atoms with Crippen LogP contribution in [0.3, 0.4) is 0 Å². The fraction of sp³-hybridized carbons (Fsp3) is 0.615. The Kier molecular flexibility index (Phi) is 4.59. The van der Waals surface area contributed by atoms with E-state index in [0.29, 0.717) is 6.42 Å². The quantitative estimate of drug-likeness (QED) is 0.530. The summed E-state index contributed by atoms with van der Waals surface area (Å²) in [5, 5.41) is 0. The lowest BCUT2D eigenvalue weighted by atomic mass is 9.92. The molecule has 1 aliphatic heterocycles. The molecule has 1 rings (SSSR count). The first kappa shape index (κ1) is 12.8. The van der Waals surface area contributed by atoms with Crippen molar-refractivity contribution in [2.75, 3.05) is 13.7 Å². The van der Waals surface area contributed by atoms with Crippen LogP contribution < -0.4 is 0 Å². The van der Waals surface area contributed by atoms with E-state index in [2.05, 4.69) is 48.0 Å². The van der Waals surface area contributed by atoms with Crippen molar-refractivity contribution in [1.29, 1.82) is 0 Å². The summed E-state index contributed by atoms with van der Waals surface area (Å²) < 4.78 is 4.59. The zero-order valence-corrected chi connectivity index (χ0v) is 10.4. The number of allylic oxidation sites excluding steroid dienone is 2. The highest BCUT2D eigenvalue weighted by atomic mass is 16.5. The molecule has 0 aromatic carbocycles. The summed E-state index contributed by atoms with van der Waals surface area (Å²) >= 11 is 0. The maximum Gasteiger partial charge on any atom is 0.305 e. The highest BCUT2D eigenvalue weighted by Crippen LogP contribution is 2.23. The monoisotopic (exact) mass is 223 g/mol. The number of esters is 1. The first-order valence-corrected chi connectivity index (χ1v) is 5.75. The van der Waals surface area contributed by atoms with E-state index in [0.717, 1.165) is 19.4 Å². The molecule has 90 valence electrons. The third kappa shape index (κ3) is 4.51. The summed E-state index contributed by atoms with van der Waals surface area (Å²) in [5.74, 6) is -0.120. The predicted molar refractivity (Wildman–Crippen MR) is 64.6 cm³/mol. The number of nitrogens with zero attached hydrogens (tertiary/aromatic N) is 1. The van der Waals surface area contributed by atoms with Gasteiger partial charge in [0, 0.05) is 30.8 Å². The van der Waals surface area contributed by atoms with Gasteiger partial charge in [0.05, 0.1) is 7.11 Å². The van der Waals surface area contributed by atoms with Crippen LogP contribution in [-0.4, -0.2) is 24.5 Å². The van der Waals surface area contributed by atoms with Crippen molar-refractivity contribution >= 4 is 5.97 Å². The molecule has 1 aliphatic rings. The van der Waals surface area contributed by atoms with Crippen LogP contribution >= 0.6 is 0 Å². The van der Waals surface area contributed by atoms with Crippen LogP contribution in [0, 0.1) is 5.41 Å². The fourth-order valence-electron chi connectivity index (χ4n) is 1.50. The third-order valence-corrected chi connectivity index (χ3v) is 2.67. The molecule has 0 saturated carbocycles. The number of ether oxygens (including phenoxy) is 1. The topological polar surface area (TPSA) is 29.5 Å². The summed E-state index contributed by atoms with van der Waals surface area (Å²) in [6.07, 6.45) is 11.0. The maximum atomic E-state index is 10.9. The second-order valence-corrected chi connectivity index (χ2v) is 4.72. The van der Waals surface area contributed by atoms with Gasteiger partial charge in [-0.3, -0.25) is 4.79 Å². The van der Waals surface area contributed by atoms with Gasteiger partial charge in [0.15, 0.2) is 0 Å². The zero-order chi connectivity index (χ0) is 12.0. The molecule has 0 aromatic rings. The van der Waals surface area contributed by atoms with Crippen molar-refractivity contribution in [3.8, 4) is 0 Å². The van der Waals surface area contributed by atoms with Crippen molar-refractivity contribution in [1.82, 2.24) is 4.90 Å². The van der Waals surface area contributed by atoms with E-state index in [1.165, 1.54) is 7.11 Å². The Morgan fingerprint density at radius 2 is 1.88 bits per heavy atom. The van der Waals surface area contributed by atoms with Crippen molar-refractivity contribution < 1.29 is 9.53 Å². The fourth-order valence-corrected chi connectivity index (χ4v) is 1.50. The van der Waals surface area contributed by atoms with Gasteiger partial charge in [-0.2, -0.15) is 0 Å². The molecule has 3 heteroatoms. The Balaban J connectivity index is 2.16. The summed E-state index contributed by atoms with van der Waals surface area (Å²) in [4.78, 5) is 13.0. The van der Waals surface area contributed by atoms with E-state index in [4.69, 9.17) is 0 Å². The molecule has 0 fully saturated rings. The molecule has 0 atom stereocenters. The molecule has 0 N–H and O–H groups in total. The molecule has 0 amide bonds. The SMILES string of the molecule is COC(=O)CCCCN1C=CC(C)(C)C=C1. The van der Waals surface area contributed by atoms with Gasteiger partial charge >= 0.3 is 5.97 Å². The van der Waals surface area contributed by atoms with E-state index >= 15 is 0 Å². The van der Waals surface area contributed by atoms with Gasteiger partial charge in [-0.05, 0) is 12.8 Å². The van der Waals surface area contributed by atoms with Crippen LogP contribution in [0.4, 0.5) is 0 Å². The first-order chi connectivity index (χ1) is 7.53. The molecule has 1 heterocycles. The normalized spacial score (nSPS) is 17.6. The standard InChI is InChI=1S/C13H21NO2/c1-13(2)7-10-14(11-8-13)9-5-4-6-12(15)16-3/h7-8,10-11H,4-6,9H2,1-3H3. The number of unbranched alkanes of at least 4 members (excludes halogenated alkanes) is 1. The Hall–Kier alpha value is -1.25. The number of carbonyl (C=O) groups excluding carboxylic acids is 1. The lowest BCUT2D eigenvalue weighted by molar-refractivity contribution is -0.140. The summed E-state index contributed by atoms with van der Waals surface area (Å²) in [6, 6.07) is 0. The molecule has 0 spiro atoms. The van der Waals surface area contributed by atoms with E-state index in [1.807, 2.05) is 0 Å². The minimum atomic E-state index is -0.120. The number of rotatable bonds is 5. The highest BCUT2D eigenvalue weighted by molar-refractivity contribution is 5.68. The summed E-state index contributed by atoms with van der Waals surface area (Å²) in [7, 11) is 1.43. The second-order valence-electron chi connectivity index (χ2n) is 4.72. The van der Waals surface area contributed by atoms with E-state index in [-0.39, 0.29) is 11.4 Å². The molecular formula is C13H21NO2. The smallest absolute Gasteiger partial charge is 0.305 e. The molecule has 0 aromatic heterocycles. The van der Waals surface area contributed by atoms with Gasteiger partial charge in [0.25, 0.3) is 0 Å².